The molecule has 5 nitrogen and oxygen atoms in total. The van der Waals surface area contributed by atoms with Gasteiger partial charge in [-0.1, -0.05) is 12.1 Å². The molecule has 2 atom stereocenters. The molecule has 0 spiro atoms. The number of benzene rings is 1. The Kier molecular flexibility index (Phi) is 3.73. The van der Waals surface area contributed by atoms with Crippen molar-refractivity contribution in [1.29, 1.82) is 0 Å². The van der Waals surface area contributed by atoms with E-state index in [0.29, 0.717) is 11.3 Å². The highest BCUT2D eigenvalue weighted by molar-refractivity contribution is 6.48. The number of aromatic nitrogens is 1. The number of hydrogen-bond donors (Lipinski definition) is 0. The molecule has 1 fully saturated rings. The molecule has 116 valence electrons. The van der Waals surface area contributed by atoms with Crippen molar-refractivity contribution in [1.82, 2.24) is 4.98 Å². The van der Waals surface area contributed by atoms with Crippen LogP contribution in [0.15, 0.2) is 48.8 Å². The van der Waals surface area contributed by atoms with Crippen molar-refractivity contribution < 1.29 is 18.8 Å². The van der Waals surface area contributed by atoms with Gasteiger partial charge in [0.1, 0.15) is 17.5 Å². The first-order chi connectivity index (χ1) is 11.0. The van der Waals surface area contributed by atoms with E-state index in [2.05, 4.69) is 4.98 Å². The summed E-state index contributed by atoms with van der Waals surface area (Å²) in [7, 11) is 0. The van der Waals surface area contributed by atoms with E-state index in [4.69, 9.17) is 0 Å². The number of carbonyl (C=O) groups is 3. The third-order valence-electron chi connectivity index (χ3n) is 3.86. The zero-order chi connectivity index (χ0) is 16.6. The number of Topliss-reactive ketones (excluding diaryl/α,β-unsaturated/α-hetero) is 2. The Morgan fingerprint density at radius 2 is 2.00 bits per heavy atom. The van der Waals surface area contributed by atoms with Crippen molar-refractivity contribution in [2.45, 2.75) is 13.0 Å². The number of pyridine rings is 1. The van der Waals surface area contributed by atoms with Gasteiger partial charge in [-0.2, -0.15) is 0 Å². The summed E-state index contributed by atoms with van der Waals surface area (Å²) in [5.41, 5.74) is 0.789. The lowest BCUT2D eigenvalue weighted by atomic mass is 9.90. The van der Waals surface area contributed by atoms with Gasteiger partial charge in [-0.15, -0.1) is 0 Å². The van der Waals surface area contributed by atoms with E-state index in [-0.39, 0.29) is 0 Å². The minimum Gasteiger partial charge on any atom is -0.299 e. The van der Waals surface area contributed by atoms with Crippen LogP contribution in [0.5, 0.6) is 0 Å². The summed E-state index contributed by atoms with van der Waals surface area (Å²) in [6.45, 7) is 1.26. The fourth-order valence-corrected chi connectivity index (χ4v) is 2.88. The van der Waals surface area contributed by atoms with E-state index in [1.165, 1.54) is 42.4 Å². The monoisotopic (exact) mass is 312 g/mol. The van der Waals surface area contributed by atoms with E-state index in [0.717, 1.165) is 0 Å². The standard InChI is InChI=1S/C17H13FN2O3/c1-10(21)14-15(11-4-2-5-12(18)8-11)20(17(23)16(14)22)13-6-3-7-19-9-13/h2-9,14-15H,1H3. The van der Waals surface area contributed by atoms with Gasteiger partial charge in [0.25, 0.3) is 5.91 Å². The molecule has 1 saturated heterocycles. The second kappa shape index (κ2) is 5.72. The molecule has 3 rings (SSSR count). The van der Waals surface area contributed by atoms with E-state index in [9.17, 15) is 18.8 Å². The Hall–Kier alpha value is -2.89. The van der Waals surface area contributed by atoms with Gasteiger partial charge in [0.15, 0.2) is 0 Å². The quantitative estimate of drug-likeness (QED) is 0.643. The topological polar surface area (TPSA) is 67.3 Å². The number of hydrogen-bond acceptors (Lipinski definition) is 4. The lowest BCUT2D eigenvalue weighted by molar-refractivity contribution is -0.138. The molecule has 1 aliphatic heterocycles. The first kappa shape index (κ1) is 15.0. The number of halogens is 1. The maximum Gasteiger partial charge on any atom is 0.295 e. The molecule has 0 bridgehead atoms. The van der Waals surface area contributed by atoms with Gasteiger partial charge in [-0.3, -0.25) is 24.3 Å². The van der Waals surface area contributed by atoms with Crippen molar-refractivity contribution in [3.05, 3.63) is 60.2 Å². The summed E-state index contributed by atoms with van der Waals surface area (Å²) in [4.78, 5) is 41.8. The van der Waals surface area contributed by atoms with Crippen LogP contribution in [0.1, 0.15) is 18.5 Å². The van der Waals surface area contributed by atoms with Crippen molar-refractivity contribution in [2.24, 2.45) is 5.92 Å². The fourth-order valence-electron chi connectivity index (χ4n) is 2.88. The van der Waals surface area contributed by atoms with Crippen LogP contribution < -0.4 is 4.90 Å². The highest BCUT2D eigenvalue weighted by Crippen LogP contribution is 2.39. The van der Waals surface area contributed by atoms with E-state index < -0.39 is 35.3 Å². The number of rotatable bonds is 3. The number of amides is 1. The van der Waals surface area contributed by atoms with Crippen LogP contribution in [0.4, 0.5) is 10.1 Å². The van der Waals surface area contributed by atoms with Crippen LogP contribution in [0.3, 0.4) is 0 Å². The van der Waals surface area contributed by atoms with Gasteiger partial charge >= 0.3 is 0 Å². The van der Waals surface area contributed by atoms with Crippen molar-refractivity contribution >= 4 is 23.2 Å². The largest absolute Gasteiger partial charge is 0.299 e. The van der Waals surface area contributed by atoms with Crippen LogP contribution in [0.2, 0.25) is 0 Å². The summed E-state index contributed by atoms with van der Waals surface area (Å²) < 4.78 is 13.6. The third-order valence-corrected chi connectivity index (χ3v) is 3.86. The number of anilines is 1. The molecule has 0 radical (unpaired) electrons. The number of nitrogens with zero attached hydrogens (tertiary/aromatic N) is 2. The molecule has 6 heteroatoms. The lowest BCUT2D eigenvalue weighted by Crippen LogP contribution is -2.30. The number of carbonyl (C=O) groups excluding carboxylic acids is 3. The Labute approximate surface area is 131 Å². The molecule has 2 unspecified atom stereocenters. The summed E-state index contributed by atoms with van der Waals surface area (Å²) in [5.74, 6) is -3.64. The van der Waals surface area contributed by atoms with Gasteiger partial charge in [-0.25, -0.2) is 4.39 Å². The van der Waals surface area contributed by atoms with Gasteiger partial charge in [0.2, 0.25) is 5.78 Å². The minimum absolute atomic E-state index is 0.392. The zero-order valence-electron chi connectivity index (χ0n) is 12.3. The Bertz CT molecular complexity index is 791. The molecule has 2 aromatic rings. The molecule has 2 heterocycles. The summed E-state index contributed by atoms with van der Waals surface area (Å²) in [5, 5.41) is 0. The van der Waals surface area contributed by atoms with Crippen LogP contribution in [-0.2, 0) is 14.4 Å². The molecular formula is C17H13FN2O3. The summed E-state index contributed by atoms with van der Waals surface area (Å²) in [6.07, 6.45) is 2.96. The third kappa shape index (κ3) is 2.52. The summed E-state index contributed by atoms with van der Waals surface area (Å²) in [6, 6.07) is 7.95. The minimum atomic E-state index is -1.15. The van der Waals surface area contributed by atoms with E-state index in [1.807, 2.05) is 0 Å². The predicted octanol–water partition coefficient (Wildman–Crippen LogP) is 2.08. The van der Waals surface area contributed by atoms with E-state index in [1.54, 1.807) is 18.2 Å². The van der Waals surface area contributed by atoms with Crippen molar-refractivity contribution in [2.75, 3.05) is 4.90 Å². The van der Waals surface area contributed by atoms with Crippen molar-refractivity contribution in [3.8, 4) is 0 Å². The van der Waals surface area contributed by atoms with Gasteiger partial charge in [0, 0.05) is 6.20 Å². The summed E-state index contributed by atoms with van der Waals surface area (Å²) >= 11 is 0. The molecule has 0 aliphatic carbocycles. The van der Waals surface area contributed by atoms with Crippen LogP contribution in [0.25, 0.3) is 0 Å². The maximum atomic E-state index is 13.6. The Morgan fingerprint density at radius 3 is 2.61 bits per heavy atom. The normalized spacial score (nSPS) is 20.9. The average molecular weight is 312 g/mol. The molecule has 1 aromatic carbocycles. The maximum absolute atomic E-state index is 13.6. The molecule has 1 aliphatic rings. The molecule has 1 aromatic heterocycles. The van der Waals surface area contributed by atoms with Gasteiger partial charge in [0.05, 0.1) is 17.9 Å². The molecule has 1 amide bonds. The van der Waals surface area contributed by atoms with Crippen molar-refractivity contribution in [3.63, 3.8) is 0 Å². The SMILES string of the molecule is CC(=O)C1C(=O)C(=O)N(c2cccnc2)C1c1cccc(F)c1. The van der Waals surface area contributed by atoms with E-state index >= 15 is 0 Å². The second-order valence-corrected chi connectivity index (χ2v) is 5.34. The van der Waals surface area contributed by atoms with Gasteiger partial charge in [-0.05, 0) is 36.8 Å². The Morgan fingerprint density at radius 1 is 1.22 bits per heavy atom. The smallest absolute Gasteiger partial charge is 0.295 e. The molecular weight excluding hydrogens is 299 g/mol. The molecule has 0 N–H and O–H groups in total. The second-order valence-electron chi connectivity index (χ2n) is 5.34. The lowest BCUT2D eigenvalue weighted by Gasteiger charge is -2.26. The highest BCUT2D eigenvalue weighted by atomic mass is 19.1. The first-order valence-corrected chi connectivity index (χ1v) is 7.04. The van der Waals surface area contributed by atoms with Gasteiger partial charge < -0.3 is 0 Å². The average Bonchev–Trinajstić information content (AvgIpc) is 2.80. The van der Waals surface area contributed by atoms with Crippen LogP contribution in [-0.4, -0.2) is 22.5 Å². The predicted molar refractivity (Wildman–Crippen MR) is 80.0 cm³/mol. The molecule has 23 heavy (non-hydrogen) atoms. The number of ketones is 2. The highest BCUT2D eigenvalue weighted by Gasteiger charge is 2.51. The Balaban J connectivity index is 2.17. The fraction of sp³-hybridized carbons (Fsp3) is 0.176. The van der Waals surface area contributed by atoms with Crippen LogP contribution in [0, 0.1) is 11.7 Å². The molecule has 0 saturated carbocycles. The first-order valence-electron chi connectivity index (χ1n) is 7.04. The zero-order valence-corrected chi connectivity index (χ0v) is 12.3. The van der Waals surface area contributed by atoms with Crippen LogP contribution >= 0.6 is 0 Å².